The Labute approximate surface area is 158 Å². The van der Waals surface area contributed by atoms with Crippen LogP contribution < -0.4 is 5.43 Å². The van der Waals surface area contributed by atoms with Crippen LogP contribution in [0.3, 0.4) is 0 Å². The Hall–Kier alpha value is -2.16. The summed E-state index contributed by atoms with van der Waals surface area (Å²) in [5.41, 5.74) is 2.28. The van der Waals surface area contributed by atoms with Gasteiger partial charge in [-0.15, -0.1) is 0 Å². The molecule has 1 heterocycles. The number of rotatable bonds is 8. The normalized spacial score (nSPS) is 19.3. The molecule has 9 nitrogen and oxygen atoms in total. The third-order valence-electron chi connectivity index (χ3n) is 5.04. The molecule has 2 N–H and O–H groups in total. The summed E-state index contributed by atoms with van der Waals surface area (Å²) in [6, 6.07) is -1.28. The number of carboxylic acid groups (broad SMARTS) is 1. The number of hydrogen-bond donors (Lipinski definition) is 2. The Balaban J connectivity index is 1.95. The van der Waals surface area contributed by atoms with E-state index in [1.54, 1.807) is 0 Å². The van der Waals surface area contributed by atoms with Crippen molar-refractivity contribution in [3.05, 3.63) is 0 Å². The molecule has 1 aliphatic carbocycles. The van der Waals surface area contributed by atoms with E-state index < -0.39 is 30.4 Å². The zero-order valence-corrected chi connectivity index (χ0v) is 15.4. The highest BCUT2D eigenvalue weighted by Gasteiger charge is 2.29. The molecule has 2 rings (SSSR count). The fourth-order valence-electron chi connectivity index (χ4n) is 3.53. The third-order valence-corrected chi connectivity index (χ3v) is 5.04. The Kier molecular flexibility index (Phi) is 8.50. The van der Waals surface area contributed by atoms with E-state index in [0.29, 0.717) is 44.7 Å². The van der Waals surface area contributed by atoms with E-state index in [4.69, 9.17) is 14.6 Å². The fraction of sp³-hybridized carbons (Fsp3) is 0.778. The van der Waals surface area contributed by atoms with Gasteiger partial charge >= 0.3 is 12.1 Å². The Morgan fingerprint density at radius 3 is 2.44 bits per heavy atom. The molecule has 0 aromatic rings. The minimum absolute atomic E-state index is 0.145. The van der Waals surface area contributed by atoms with Crippen LogP contribution in [-0.4, -0.2) is 59.7 Å². The highest BCUT2D eigenvalue weighted by molar-refractivity contribution is 5.84. The van der Waals surface area contributed by atoms with Gasteiger partial charge in [0, 0.05) is 19.3 Å². The average molecular weight is 384 g/mol. The van der Waals surface area contributed by atoms with Gasteiger partial charge in [0.2, 0.25) is 5.91 Å². The van der Waals surface area contributed by atoms with Crippen molar-refractivity contribution in [1.82, 2.24) is 10.4 Å². The van der Waals surface area contributed by atoms with Gasteiger partial charge in [-0.05, 0) is 12.3 Å². The Morgan fingerprint density at radius 2 is 1.85 bits per heavy atom. The zero-order valence-electron chi connectivity index (χ0n) is 15.4. The maximum Gasteiger partial charge on any atom is 0.426 e. The van der Waals surface area contributed by atoms with Crippen LogP contribution in [0.2, 0.25) is 0 Å². The highest BCUT2D eigenvalue weighted by atomic mass is 16.6. The number of carbonyl (C=O) groups excluding carboxylic acids is 3. The number of carbonyl (C=O) groups is 4. The highest BCUT2D eigenvalue weighted by Crippen LogP contribution is 2.28. The van der Waals surface area contributed by atoms with Crippen molar-refractivity contribution < 1.29 is 33.8 Å². The van der Waals surface area contributed by atoms with Gasteiger partial charge in [0.1, 0.15) is 18.4 Å². The van der Waals surface area contributed by atoms with Gasteiger partial charge in [-0.25, -0.2) is 15.2 Å². The van der Waals surface area contributed by atoms with Gasteiger partial charge in [0.05, 0.1) is 19.6 Å². The molecule has 0 unspecified atom stereocenters. The van der Waals surface area contributed by atoms with Crippen molar-refractivity contribution in [2.24, 2.45) is 5.92 Å². The van der Waals surface area contributed by atoms with E-state index in [1.807, 2.05) is 0 Å². The Morgan fingerprint density at radius 1 is 1.19 bits per heavy atom. The third kappa shape index (κ3) is 7.16. The van der Waals surface area contributed by atoms with Gasteiger partial charge in [-0.2, -0.15) is 0 Å². The quantitative estimate of drug-likeness (QED) is 0.482. The molecular weight excluding hydrogens is 356 g/mol. The summed E-state index contributed by atoms with van der Waals surface area (Å²) in [7, 11) is 0. The van der Waals surface area contributed by atoms with E-state index in [2.05, 4.69) is 5.43 Å². The largest absolute Gasteiger partial charge is 0.481 e. The smallest absolute Gasteiger partial charge is 0.426 e. The molecule has 0 radical (unpaired) electrons. The lowest BCUT2D eigenvalue weighted by Crippen LogP contribution is -2.54. The van der Waals surface area contributed by atoms with Crippen molar-refractivity contribution in [2.75, 3.05) is 13.2 Å². The van der Waals surface area contributed by atoms with Gasteiger partial charge in [0.15, 0.2) is 0 Å². The summed E-state index contributed by atoms with van der Waals surface area (Å²) >= 11 is 0. The number of carboxylic acids is 1. The number of ether oxygens (including phenoxy) is 2. The molecule has 0 spiro atoms. The van der Waals surface area contributed by atoms with Gasteiger partial charge < -0.3 is 19.4 Å². The topological polar surface area (TPSA) is 122 Å². The number of nitrogens with one attached hydrogen (secondary N) is 1. The lowest BCUT2D eigenvalue weighted by atomic mass is 10.0. The van der Waals surface area contributed by atoms with Crippen molar-refractivity contribution in [3.8, 4) is 0 Å². The zero-order chi connectivity index (χ0) is 19.6. The monoisotopic (exact) mass is 384 g/mol. The molecule has 152 valence electrons. The fourth-order valence-corrected chi connectivity index (χ4v) is 3.53. The molecule has 0 aromatic carbocycles. The summed E-state index contributed by atoms with van der Waals surface area (Å²) in [6.07, 6.45) is 4.91. The first-order chi connectivity index (χ1) is 13.0. The molecule has 1 atom stereocenters. The molecule has 1 saturated heterocycles. The number of aliphatic carboxylic acids is 1. The maximum atomic E-state index is 12.6. The first-order valence-corrected chi connectivity index (χ1v) is 9.53. The van der Waals surface area contributed by atoms with Gasteiger partial charge in [-0.3, -0.25) is 9.59 Å². The lowest BCUT2D eigenvalue weighted by Gasteiger charge is -2.29. The molecule has 1 aliphatic heterocycles. The molecule has 1 saturated carbocycles. The molecule has 2 amide bonds. The Bertz CT molecular complexity index is 528. The second kappa shape index (κ2) is 10.9. The lowest BCUT2D eigenvalue weighted by molar-refractivity contribution is -0.145. The van der Waals surface area contributed by atoms with E-state index in [9.17, 15) is 19.2 Å². The van der Waals surface area contributed by atoms with Crippen LogP contribution in [-0.2, 0) is 23.9 Å². The summed E-state index contributed by atoms with van der Waals surface area (Å²) in [4.78, 5) is 47.1. The number of hydrazine groups is 1. The van der Waals surface area contributed by atoms with Crippen molar-refractivity contribution in [1.29, 1.82) is 0 Å². The van der Waals surface area contributed by atoms with Crippen molar-refractivity contribution >= 4 is 24.3 Å². The second-order valence-electron chi connectivity index (χ2n) is 7.08. The van der Waals surface area contributed by atoms with E-state index in [1.165, 1.54) is 0 Å². The summed E-state index contributed by atoms with van der Waals surface area (Å²) in [5, 5.41) is 9.81. The van der Waals surface area contributed by atoms with Crippen LogP contribution in [0.4, 0.5) is 4.79 Å². The van der Waals surface area contributed by atoms with Crippen LogP contribution in [0.25, 0.3) is 0 Å². The van der Waals surface area contributed by atoms with Crippen LogP contribution in [0.1, 0.15) is 57.8 Å². The summed E-state index contributed by atoms with van der Waals surface area (Å²) < 4.78 is 10.5. The number of nitrogens with zero attached hydrogens (tertiary/aromatic N) is 1. The van der Waals surface area contributed by atoms with Gasteiger partial charge in [-0.1, -0.05) is 25.7 Å². The molecule has 2 aliphatic rings. The number of hydrogen-bond acceptors (Lipinski definition) is 6. The van der Waals surface area contributed by atoms with E-state index in [-0.39, 0.29) is 12.5 Å². The first kappa shape index (κ1) is 21.1. The molecule has 0 aromatic heterocycles. The number of aldehydes is 1. The maximum absolute atomic E-state index is 12.6. The van der Waals surface area contributed by atoms with Crippen LogP contribution >= 0.6 is 0 Å². The molecule has 9 heteroatoms. The van der Waals surface area contributed by atoms with Crippen LogP contribution in [0.5, 0.6) is 0 Å². The minimum Gasteiger partial charge on any atom is -0.481 e. The second-order valence-corrected chi connectivity index (χ2v) is 7.08. The predicted molar refractivity (Wildman–Crippen MR) is 93.6 cm³/mol. The average Bonchev–Trinajstić information content (AvgIpc) is 3.16. The first-order valence-electron chi connectivity index (χ1n) is 9.53. The molecule has 2 fully saturated rings. The number of amides is 2. The molecule has 27 heavy (non-hydrogen) atoms. The predicted octanol–water partition coefficient (Wildman–Crippen LogP) is 1.65. The molecular formula is C18H28N2O7. The van der Waals surface area contributed by atoms with Crippen molar-refractivity contribution in [3.63, 3.8) is 0 Å². The summed E-state index contributed by atoms with van der Waals surface area (Å²) in [5.74, 6) is -1.26. The van der Waals surface area contributed by atoms with Crippen molar-refractivity contribution in [2.45, 2.75) is 69.9 Å². The van der Waals surface area contributed by atoms with Crippen LogP contribution in [0, 0.1) is 5.92 Å². The van der Waals surface area contributed by atoms with Crippen LogP contribution in [0.15, 0.2) is 0 Å². The molecule has 0 bridgehead atoms. The van der Waals surface area contributed by atoms with E-state index in [0.717, 1.165) is 30.7 Å². The SMILES string of the molecule is O=C[C@H](CC(=O)O)N(NC(=O)OC1CCOCC1)C(=O)CCC1CCCC1. The summed E-state index contributed by atoms with van der Waals surface area (Å²) in [6.45, 7) is 0.968. The van der Waals surface area contributed by atoms with E-state index >= 15 is 0 Å². The minimum atomic E-state index is -1.28. The van der Waals surface area contributed by atoms with Gasteiger partial charge in [0.25, 0.3) is 0 Å². The standard InChI is InChI=1S/C18H28N2O7/c21-12-14(11-17(23)24)20(16(22)6-5-13-3-1-2-4-13)19-18(25)27-15-7-9-26-10-8-15/h12-15H,1-11H2,(H,19,25)(H,23,24)/t14-/m0/s1.